The molecule has 2 aliphatic rings. The van der Waals surface area contributed by atoms with E-state index in [1.165, 1.54) is 0 Å². The molecule has 5 heteroatoms. The number of piperazine rings is 1. The number of fused-ring (bicyclic) bond motifs is 1. The summed E-state index contributed by atoms with van der Waals surface area (Å²) in [4.78, 5) is 29.1. The molecule has 2 saturated heterocycles. The van der Waals surface area contributed by atoms with Crippen molar-refractivity contribution in [2.24, 2.45) is 0 Å². The van der Waals surface area contributed by atoms with Gasteiger partial charge >= 0.3 is 0 Å². The molecule has 114 valence electrons. The minimum atomic E-state index is -0.453. The zero-order valence-electron chi connectivity index (χ0n) is 13.0. The Bertz CT molecular complexity index is 395. The molecule has 0 spiro atoms. The van der Waals surface area contributed by atoms with Gasteiger partial charge in [0.05, 0.1) is 12.1 Å². The highest BCUT2D eigenvalue weighted by atomic mass is 16.5. The summed E-state index contributed by atoms with van der Waals surface area (Å²) in [5.41, 5.74) is -0.453. The average molecular weight is 282 g/mol. The van der Waals surface area contributed by atoms with Crippen molar-refractivity contribution in [3.05, 3.63) is 0 Å². The maximum absolute atomic E-state index is 12.9. The van der Waals surface area contributed by atoms with E-state index >= 15 is 0 Å². The number of hydrogen-bond acceptors (Lipinski definition) is 3. The average Bonchev–Trinajstić information content (AvgIpc) is 2.42. The first kappa shape index (κ1) is 15.3. The lowest BCUT2D eigenvalue weighted by Gasteiger charge is -2.52. The second-order valence-corrected chi connectivity index (χ2v) is 6.42. The molecule has 2 aliphatic heterocycles. The molecule has 2 rings (SSSR count). The van der Waals surface area contributed by atoms with Gasteiger partial charge in [-0.15, -0.1) is 0 Å². The van der Waals surface area contributed by atoms with E-state index in [4.69, 9.17) is 4.74 Å². The number of amides is 2. The smallest absolute Gasteiger partial charge is 0.246 e. The van der Waals surface area contributed by atoms with Gasteiger partial charge in [0.2, 0.25) is 11.8 Å². The molecule has 0 aromatic heterocycles. The van der Waals surface area contributed by atoms with Gasteiger partial charge in [0.25, 0.3) is 0 Å². The lowest BCUT2D eigenvalue weighted by molar-refractivity contribution is -0.172. The number of carbonyl (C=O) groups excluding carboxylic acids is 2. The normalized spacial score (nSPS) is 27.8. The minimum absolute atomic E-state index is 0.0956. The van der Waals surface area contributed by atoms with Crippen LogP contribution < -0.4 is 0 Å². The zero-order chi connectivity index (χ0) is 14.9. The first-order chi connectivity index (χ1) is 9.44. The van der Waals surface area contributed by atoms with E-state index in [9.17, 15) is 9.59 Å². The lowest BCUT2D eigenvalue weighted by atomic mass is 9.89. The van der Waals surface area contributed by atoms with E-state index in [0.29, 0.717) is 13.0 Å². The molecule has 0 aromatic rings. The van der Waals surface area contributed by atoms with Crippen molar-refractivity contribution in [1.29, 1.82) is 0 Å². The molecule has 20 heavy (non-hydrogen) atoms. The number of methoxy groups -OCH3 is 1. The highest BCUT2D eigenvalue weighted by molar-refractivity contribution is 5.97. The van der Waals surface area contributed by atoms with Crippen LogP contribution in [-0.4, -0.2) is 59.5 Å². The van der Waals surface area contributed by atoms with Crippen molar-refractivity contribution in [1.82, 2.24) is 9.80 Å². The van der Waals surface area contributed by atoms with Crippen LogP contribution in [0.2, 0.25) is 0 Å². The van der Waals surface area contributed by atoms with Crippen LogP contribution in [0.15, 0.2) is 0 Å². The summed E-state index contributed by atoms with van der Waals surface area (Å²) in [7, 11) is 1.63. The van der Waals surface area contributed by atoms with Crippen molar-refractivity contribution < 1.29 is 14.3 Å². The van der Waals surface area contributed by atoms with Gasteiger partial charge in [-0.25, -0.2) is 0 Å². The van der Waals surface area contributed by atoms with Crippen molar-refractivity contribution >= 4 is 11.8 Å². The van der Waals surface area contributed by atoms with Gasteiger partial charge in [0.15, 0.2) is 0 Å². The Labute approximate surface area is 121 Å². The van der Waals surface area contributed by atoms with E-state index in [1.807, 2.05) is 20.8 Å². The number of rotatable bonds is 4. The fourth-order valence-electron chi connectivity index (χ4n) is 3.57. The standard InChI is InChI=1S/C15H26N2O3/c1-5-11-13(18)16-9-7-6-8-12(16)14(19)17(11)15(2,3)10-20-4/h11-12H,5-10H2,1-4H3. The second kappa shape index (κ2) is 5.72. The first-order valence-electron chi connectivity index (χ1n) is 7.56. The van der Waals surface area contributed by atoms with E-state index in [2.05, 4.69) is 0 Å². The van der Waals surface area contributed by atoms with Gasteiger partial charge in [-0.1, -0.05) is 6.92 Å². The van der Waals surface area contributed by atoms with Crippen molar-refractivity contribution in [3.63, 3.8) is 0 Å². The number of carbonyl (C=O) groups is 2. The minimum Gasteiger partial charge on any atom is -0.382 e. The molecule has 0 bridgehead atoms. The van der Waals surface area contributed by atoms with Gasteiger partial charge in [0.1, 0.15) is 12.1 Å². The summed E-state index contributed by atoms with van der Waals surface area (Å²) >= 11 is 0. The molecule has 0 aromatic carbocycles. The summed E-state index contributed by atoms with van der Waals surface area (Å²) in [5.74, 6) is 0.208. The molecular formula is C15H26N2O3. The first-order valence-corrected chi connectivity index (χ1v) is 7.56. The van der Waals surface area contributed by atoms with Gasteiger partial charge in [0, 0.05) is 13.7 Å². The summed E-state index contributed by atoms with van der Waals surface area (Å²) in [6, 6.07) is -0.600. The summed E-state index contributed by atoms with van der Waals surface area (Å²) in [6.45, 7) is 7.08. The van der Waals surface area contributed by atoms with Crippen molar-refractivity contribution in [2.45, 2.75) is 64.1 Å². The number of piperidine rings is 1. The molecule has 0 radical (unpaired) electrons. The molecule has 0 N–H and O–H groups in total. The van der Waals surface area contributed by atoms with E-state index in [-0.39, 0.29) is 23.9 Å². The predicted molar refractivity (Wildman–Crippen MR) is 76.2 cm³/mol. The molecule has 2 fully saturated rings. The quantitative estimate of drug-likeness (QED) is 0.783. The van der Waals surface area contributed by atoms with Crippen LogP contribution in [-0.2, 0) is 14.3 Å². The maximum Gasteiger partial charge on any atom is 0.246 e. The fraction of sp³-hybridized carbons (Fsp3) is 0.867. The third kappa shape index (κ3) is 2.43. The van der Waals surface area contributed by atoms with Crippen molar-refractivity contribution in [3.8, 4) is 0 Å². The third-order valence-corrected chi connectivity index (χ3v) is 4.44. The van der Waals surface area contributed by atoms with Crippen LogP contribution in [0.1, 0.15) is 46.5 Å². The number of ether oxygens (including phenoxy) is 1. The molecule has 2 heterocycles. The fourth-order valence-corrected chi connectivity index (χ4v) is 3.57. The second-order valence-electron chi connectivity index (χ2n) is 6.42. The highest BCUT2D eigenvalue weighted by Gasteiger charge is 2.50. The van der Waals surface area contributed by atoms with E-state index < -0.39 is 5.54 Å². The Kier molecular flexibility index (Phi) is 4.37. The van der Waals surface area contributed by atoms with Gasteiger partial charge < -0.3 is 14.5 Å². The molecule has 5 nitrogen and oxygen atoms in total. The molecule has 2 amide bonds. The van der Waals surface area contributed by atoms with Gasteiger partial charge in [-0.3, -0.25) is 9.59 Å². The Morgan fingerprint density at radius 3 is 2.55 bits per heavy atom. The molecule has 0 saturated carbocycles. The maximum atomic E-state index is 12.9. The highest BCUT2D eigenvalue weighted by Crippen LogP contribution is 2.32. The molecule has 2 atom stereocenters. The number of nitrogens with zero attached hydrogens (tertiary/aromatic N) is 2. The zero-order valence-corrected chi connectivity index (χ0v) is 13.0. The van der Waals surface area contributed by atoms with Crippen LogP contribution >= 0.6 is 0 Å². The Hall–Kier alpha value is -1.10. The topological polar surface area (TPSA) is 49.9 Å². The van der Waals surface area contributed by atoms with Gasteiger partial charge in [-0.05, 0) is 39.5 Å². The van der Waals surface area contributed by atoms with E-state index in [0.717, 1.165) is 25.8 Å². The molecule has 0 aliphatic carbocycles. The van der Waals surface area contributed by atoms with Gasteiger partial charge in [-0.2, -0.15) is 0 Å². The Morgan fingerprint density at radius 1 is 1.25 bits per heavy atom. The van der Waals surface area contributed by atoms with Crippen LogP contribution in [0, 0.1) is 0 Å². The predicted octanol–water partition coefficient (Wildman–Crippen LogP) is 1.41. The number of hydrogen-bond donors (Lipinski definition) is 0. The SMILES string of the molecule is CCC1C(=O)N2CCCCC2C(=O)N1C(C)(C)COC. The monoisotopic (exact) mass is 282 g/mol. The lowest BCUT2D eigenvalue weighted by Crippen LogP contribution is -2.70. The van der Waals surface area contributed by atoms with Crippen LogP contribution in [0.4, 0.5) is 0 Å². The summed E-state index contributed by atoms with van der Waals surface area (Å²) < 4.78 is 5.25. The Balaban J connectivity index is 2.34. The molecule has 2 unspecified atom stereocenters. The van der Waals surface area contributed by atoms with Crippen LogP contribution in [0.3, 0.4) is 0 Å². The summed E-state index contributed by atoms with van der Waals surface area (Å²) in [6.07, 6.45) is 3.48. The summed E-state index contributed by atoms with van der Waals surface area (Å²) in [5, 5.41) is 0. The third-order valence-electron chi connectivity index (χ3n) is 4.44. The van der Waals surface area contributed by atoms with Crippen LogP contribution in [0.5, 0.6) is 0 Å². The Morgan fingerprint density at radius 2 is 1.95 bits per heavy atom. The van der Waals surface area contributed by atoms with Crippen LogP contribution in [0.25, 0.3) is 0 Å². The van der Waals surface area contributed by atoms with E-state index in [1.54, 1.807) is 16.9 Å². The largest absolute Gasteiger partial charge is 0.382 e. The molecular weight excluding hydrogens is 256 g/mol. The van der Waals surface area contributed by atoms with Crippen molar-refractivity contribution in [2.75, 3.05) is 20.3 Å².